The van der Waals surface area contributed by atoms with Crippen LogP contribution in [0.5, 0.6) is 11.5 Å². The topological polar surface area (TPSA) is 76.2 Å². The fourth-order valence-corrected chi connectivity index (χ4v) is 4.68. The second-order valence-corrected chi connectivity index (χ2v) is 9.04. The van der Waals surface area contributed by atoms with Gasteiger partial charge in [-0.2, -0.15) is 0 Å². The van der Waals surface area contributed by atoms with Crippen LogP contribution >= 0.6 is 11.8 Å². The Morgan fingerprint density at radius 1 is 1.09 bits per heavy atom. The average molecular weight is 467 g/mol. The van der Waals surface area contributed by atoms with E-state index < -0.39 is 11.1 Å². The maximum Gasteiger partial charge on any atom is 0.294 e. The number of carbonyl (C=O) groups is 3. The van der Waals surface area contributed by atoms with Gasteiger partial charge in [0, 0.05) is 13.1 Å². The third-order valence-electron chi connectivity index (χ3n) is 5.59. The third-order valence-corrected chi connectivity index (χ3v) is 6.50. The molecular weight excluding hydrogens is 440 g/mol. The second kappa shape index (κ2) is 10.1. The largest absolute Gasteiger partial charge is 0.493 e. The molecule has 2 saturated heterocycles. The molecule has 2 heterocycles. The van der Waals surface area contributed by atoms with E-state index in [1.807, 2.05) is 25.1 Å². The van der Waals surface area contributed by atoms with Crippen molar-refractivity contribution >= 4 is 34.9 Å². The zero-order valence-electron chi connectivity index (χ0n) is 18.7. The number of rotatable bonds is 7. The van der Waals surface area contributed by atoms with Gasteiger partial charge in [0.1, 0.15) is 13.2 Å². The minimum atomic E-state index is -0.448. The number of carbonyl (C=O) groups excluding carboxylic acids is 3. The smallest absolute Gasteiger partial charge is 0.294 e. The Morgan fingerprint density at radius 2 is 1.88 bits per heavy atom. The second-order valence-electron chi connectivity index (χ2n) is 8.04. The molecule has 8 heteroatoms. The van der Waals surface area contributed by atoms with Crippen LogP contribution in [0.3, 0.4) is 0 Å². The van der Waals surface area contributed by atoms with E-state index in [4.69, 9.17) is 9.47 Å². The summed E-state index contributed by atoms with van der Waals surface area (Å²) in [6.07, 6.45) is 3.55. The maximum atomic E-state index is 12.8. The number of amides is 3. The number of thioether (sulfide) groups is 1. The summed E-state index contributed by atoms with van der Waals surface area (Å²) in [4.78, 5) is 40.5. The van der Waals surface area contributed by atoms with Crippen LogP contribution in [0.1, 0.15) is 29.5 Å². The van der Waals surface area contributed by atoms with E-state index in [1.54, 1.807) is 36.3 Å². The lowest BCUT2D eigenvalue weighted by Gasteiger charge is -2.18. The molecule has 0 aliphatic carbocycles. The van der Waals surface area contributed by atoms with Gasteiger partial charge in [0.2, 0.25) is 5.91 Å². The Morgan fingerprint density at radius 3 is 2.61 bits per heavy atom. The molecule has 2 aromatic carbocycles. The van der Waals surface area contributed by atoms with Gasteiger partial charge in [0.15, 0.2) is 11.5 Å². The summed E-state index contributed by atoms with van der Waals surface area (Å²) in [5.41, 5.74) is 2.92. The van der Waals surface area contributed by atoms with Crippen molar-refractivity contribution in [1.82, 2.24) is 9.80 Å². The quantitative estimate of drug-likeness (QED) is 0.568. The number of aryl methyl sites for hydroxylation is 1. The Bertz CT molecular complexity index is 1110. The molecule has 7 nitrogen and oxygen atoms in total. The first-order valence-corrected chi connectivity index (χ1v) is 11.7. The molecule has 0 spiro atoms. The first kappa shape index (κ1) is 22.9. The van der Waals surface area contributed by atoms with E-state index in [1.165, 1.54) is 0 Å². The molecule has 0 saturated carbocycles. The fraction of sp³-hybridized carbons (Fsp3) is 0.320. The monoisotopic (exact) mass is 466 g/mol. The minimum absolute atomic E-state index is 0.187. The summed E-state index contributed by atoms with van der Waals surface area (Å²) < 4.78 is 11.4. The van der Waals surface area contributed by atoms with E-state index in [0.29, 0.717) is 36.8 Å². The lowest BCUT2D eigenvalue weighted by molar-refractivity contribution is -0.135. The van der Waals surface area contributed by atoms with Crippen molar-refractivity contribution in [3.8, 4) is 11.5 Å². The lowest BCUT2D eigenvalue weighted by Crippen LogP contribution is -2.40. The van der Waals surface area contributed by atoms with Crippen molar-refractivity contribution in [3.63, 3.8) is 0 Å². The molecule has 2 aromatic rings. The van der Waals surface area contributed by atoms with Crippen molar-refractivity contribution in [1.29, 1.82) is 0 Å². The zero-order chi connectivity index (χ0) is 23.4. The number of hydrogen-bond donors (Lipinski definition) is 0. The predicted octanol–water partition coefficient (Wildman–Crippen LogP) is 4.24. The van der Waals surface area contributed by atoms with Crippen molar-refractivity contribution in [2.45, 2.75) is 26.4 Å². The normalized spacial score (nSPS) is 17.2. The molecule has 0 bridgehead atoms. The highest BCUT2D eigenvalue weighted by Crippen LogP contribution is 2.35. The van der Waals surface area contributed by atoms with E-state index in [0.717, 1.165) is 40.6 Å². The lowest BCUT2D eigenvalue weighted by atomic mass is 10.1. The highest BCUT2D eigenvalue weighted by Gasteiger charge is 2.37. The van der Waals surface area contributed by atoms with Crippen LogP contribution in [0.2, 0.25) is 0 Å². The number of benzene rings is 2. The van der Waals surface area contributed by atoms with Gasteiger partial charge in [0.05, 0.1) is 12.0 Å². The molecule has 33 heavy (non-hydrogen) atoms. The number of ether oxygens (including phenoxy) is 2. The van der Waals surface area contributed by atoms with Gasteiger partial charge in [-0.3, -0.25) is 19.3 Å². The van der Waals surface area contributed by atoms with Gasteiger partial charge in [-0.25, -0.2) is 0 Å². The van der Waals surface area contributed by atoms with Gasteiger partial charge in [-0.15, -0.1) is 0 Å². The number of likely N-dealkylation sites (tertiary alicyclic amines) is 1. The van der Waals surface area contributed by atoms with Gasteiger partial charge < -0.3 is 14.4 Å². The Balaban J connectivity index is 1.45. The van der Waals surface area contributed by atoms with Crippen LogP contribution in [0.25, 0.3) is 6.08 Å². The summed E-state index contributed by atoms with van der Waals surface area (Å²) in [5, 5.41) is -0.427. The van der Waals surface area contributed by atoms with Gasteiger partial charge in [-0.1, -0.05) is 35.9 Å². The molecular formula is C25H26N2O5S. The van der Waals surface area contributed by atoms with Crippen molar-refractivity contribution in [3.05, 3.63) is 64.1 Å². The number of methoxy groups -OCH3 is 1. The van der Waals surface area contributed by atoms with Crippen LogP contribution in [0, 0.1) is 6.92 Å². The van der Waals surface area contributed by atoms with Crippen LogP contribution in [-0.4, -0.2) is 53.6 Å². The van der Waals surface area contributed by atoms with E-state index in [9.17, 15) is 14.4 Å². The Labute approximate surface area is 197 Å². The summed E-state index contributed by atoms with van der Waals surface area (Å²) >= 11 is 0.843. The predicted molar refractivity (Wildman–Crippen MR) is 127 cm³/mol. The van der Waals surface area contributed by atoms with E-state index >= 15 is 0 Å². The molecule has 0 unspecified atom stereocenters. The Hall–Kier alpha value is -3.26. The summed E-state index contributed by atoms with van der Waals surface area (Å²) in [7, 11) is 1.55. The molecule has 0 aromatic heterocycles. The molecule has 0 radical (unpaired) electrons. The average Bonchev–Trinajstić information content (AvgIpc) is 3.43. The third kappa shape index (κ3) is 5.39. The van der Waals surface area contributed by atoms with Crippen molar-refractivity contribution < 1.29 is 23.9 Å². The van der Waals surface area contributed by atoms with E-state index in [2.05, 4.69) is 6.07 Å². The van der Waals surface area contributed by atoms with Crippen LogP contribution < -0.4 is 9.47 Å². The molecule has 2 aliphatic heterocycles. The zero-order valence-corrected chi connectivity index (χ0v) is 19.5. The van der Waals surface area contributed by atoms with E-state index in [-0.39, 0.29) is 17.4 Å². The van der Waals surface area contributed by atoms with Crippen LogP contribution in [-0.2, 0) is 16.2 Å². The highest BCUT2D eigenvalue weighted by molar-refractivity contribution is 8.18. The molecule has 4 rings (SSSR count). The molecule has 0 N–H and O–H groups in total. The van der Waals surface area contributed by atoms with Crippen molar-refractivity contribution in [2.24, 2.45) is 0 Å². The van der Waals surface area contributed by atoms with Gasteiger partial charge >= 0.3 is 0 Å². The summed E-state index contributed by atoms with van der Waals surface area (Å²) in [5.74, 6) is 0.476. The highest BCUT2D eigenvalue weighted by atomic mass is 32.2. The fourth-order valence-electron chi connectivity index (χ4n) is 3.85. The van der Waals surface area contributed by atoms with Crippen LogP contribution in [0.4, 0.5) is 4.79 Å². The van der Waals surface area contributed by atoms with Crippen LogP contribution in [0.15, 0.2) is 47.4 Å². The molecule has 2 fully saturated rings. The number of hydrogen-bond acceptors (Lipinski definition) is 6. The van der Waals surface area contributed by atoms with Gasteiger partial charge in [-0.05, 0) is 60.9 Å². The minimum Gasteiger partial charge on any atom is -0.493 e. The number of nitrogens with zero attached hydrogens (tertiary/aromatic N) is 2. The molecule has 172 valence electrons. The first-order chi connectivity index (χ1) is 15.9. The first-order valence-electron chi connectivity index (χ1n) is 10.8. The molecule has 3 amide bonds. The SMILES string of the molecule is COc1cc(/C=C2\SC(=O)N(CC(=O)N3CCCC3)C2=O)ccc1OCc1cccc(C)c1. The van der Waals surface area contributed by atoms with Crippen molar-refractivity contribution in [2.75, 3.05) is 26.7 Å². The number of imide groups is 1. The maximum absolute atomic E-state index is 12.8. The summed E-state index contributed by atoms with van der Waals surface area (Å²) in [6.45, 7) is 3.59. The standard InChI is InChI=1S/C25H26N2O5S/c1-17-6-5-7-19(12-17)16-32-20-9-8-18(13-21(20)31-2)14-22-24(29)27(25(30)33-22)15-23(28)26-10-3-4-11-26/h5-9,12-14H,3-4,10-11,15-16H2,1-2H3/b22-14-. The summed E-state index contributed by atoms with van der Waals surface area (Å²) in [6, 6.07) is 13.4. The molecule has 0 atom stereocenters. The van der Waals surface area contributed by atoms with Gasteiger partial charge in [0.25, 0.3) is 11.1 Å². The Kier molecular flexibility index (Phi) is 7.03. The molecule has 2 aliphatic rings.